The molecule has 0 bridgehead atoms. The van der Waals surface area contributed by atoms with Gasteiger partial charge in [-0.05, 0) is 55.3 Å². The van der Waals surface area contributed by atoms with Gasteiger partial charge in [-0.3, -0.25) is 0 Å². The molecule has 39 heavy (non-hydrogen) atoms. The summed E-state index contributed by atoms with van der Waals surface area (Å²) in [6.45, 7) is 2.51. The molecule has 3 heterocycles. The number of aryl methyl sites for hydroxylation is 3. The first-order valence-electron chi connectivity index (χ1n) is 11.9. The van der Waals surface area contributed by atoms with Gasteiger partial charge >= 0.3 is 6.61 Å². The van der Waals surface area contributed by atoms with Crippen LogP contribution in [0.25, 0.3) is 39.4 Å². The largest absolute Gasteiger partial charge is 0.440 e. The molecule has 200 valence electrons. The third-order valence-corrected chi connectivity index (χ3v) is 7.16. The van der Waals surface area contributed by atoms with Crippen LogP contribution in [0.3, 0.4) is 0 Å². The molecule has 5 aromatic rings. The molecule has 8 nitrogen and oxygen atoms in total. The molecule has 2 aromatic carbocycles. The highest BCUT2D eigenvalue weighted by Crippen LogP contribution is 2.39. The fourth-order valence-electron chi connectivity index (χ4n) is 4.36. The van der Waals surface area contributed by atoms with Crippen LogP contribution in [0.2, 0.25) is 0 Å². The van der Waals surface area contributed by atoms with E-state index in [4.69, 9.17) is 4.42 Å². The Balaban J connectivity index is 1.71. The average molecular weight is 551 g/mol. The van der Waals surface area contributed by atoms with Crippen LogP contribution in [0, 0.1) is 20.8 Å². The lowest BCUT2D eigenvalue weighted by molar-refractivity contribution is -0.0528. The maximum atomic E-state index is 12.6. The molecule has 0 radical (unpaired) electrons. The lowest BCUT2D eigenvalue weighted by Gasteiger charge is -2.14. The number of hydrogen-bond donors (Lipinski definition) is 0. The Morgan fingerprint density at radius 2 is 1.69 bits per heavy atom. The van der Waals surface area contributed by atoms with Crippen molar-refractivity contribution in [1.82, 2.24) is 19.5 Å². The number of benzene rings is 2. The number of halogens is 2. The number of ether oxygens (including phenoxy) is 1. The summed E-state index contributed by atoms with van der Waals surface area (Å²) in [5, 5.41) is 0. The molecular formula is C28H24F2N4O4S. The Morgan fingerprint density at radius 3 is 2.33 bits per heavy atom. The van der Waals surface area contributed by atoms with Crippen LogP contribution in [0.5, 0.6) is 5.88 Å². The number of imidazole rings is 1. The minimum Gasteiger partial charge on any atom is -0.440 e. The third kappa shape index (κ3) is 5.44. The molecule has 0 aliphatic heterocycles. The zero-order valence-electron chi connectivity index (χ0n) is 21.5. The van der Waals surface area contributed by atoms with Crippen LogP contribution in [0.1, 0.15) is 17.4 Å². The van der Waals surface area contributed by atoms with E-state index in [2.05, 4.69) is 19.7 Å². The summed E-state index contributed by atoms with van der Waals surface area (Å²) in [7, 11) is -3.40. The predicted octanol–water partition coefficient (Wildman–Crippen LogP) is 6.19. The summed E-state index contributed by atoms with van der Waals surface area (Å²) in [6, 6.07) is 15.3. The third-order valence-electron chi connectivity index (χ3n) is 6.05. The minimum atomic E-state index is -3.40. The Bertz CT molecular complexity index is 1780. The van der Waals surface area contributed by atoms with Gasteiger partial charge in [0.2, 0.25) is 5.88 Å². The van der Waals surface area contributed by atoms with Crippen molar-refractivity contribution in [1.29, 1.82) is 0 Å². The molecule has 5 rings (SSSR count). The number of sulfone groups is 1. The molecule has 11 heteroatoms. The first kappa shape index (κ1) is 26.2. The number of rotatable bonds is 7. The van der Waals surface area contributed by atoms with Gasteiger partial charge in [-0.1, -0.05) is 18.2 Å². The molecule has 0 unspecified atom stereocenters. The summed E-state index contributed by atoms with van der Waals surface area (Å²) in [4.78, 5) is 13.4. The van der Waals surface area contributed by atoms with Crippen LogP contribution < -0.4 is 4.74 Å². The highest BCUT2D eigenvalue weighted by molar-refractivity contribution is 7.90. The molecule has 0 atom stereocenters. The topological polar surface area (TPSA) is 100 Å². The maximum Gasteiger partial charge on any atom is 0.388 e. The van der Waals surface area contributed by atoms with E-state index >= 15 is 0 Å². The molecule has 0 spiro atoms. The monoisotopic (exact) mass is 550 g/mol. The molecule has 0 aliphatic carbocycles. The number of pyridine rings is 1. The Labute approximate surface area is 223 Å². The molecule has 0 aliphatic rings. The number of aromatic nitrogens is 4. The van der Waals surface area contributed by atoms with Gasteiger partial charge < -0.3 is 13.7 Å². The van der Waals surface area contributed by atoms with E-state index in [1.165, 1.54) is 18.5 Å². The van der Waals surface area contributed by atoms with Crippen molar-refractivity contribution in [3.05, 3.63) is 84.4 Å². The van der Waals surface area contributed by atoms with Crippen molar-refractivity contribution in [2.24, 2.45) is 0 Å². The second-order valence-electron chi connectivity index (χ2n) is 9.01. The van der Waals surface area contributed by atoms with Gasteiger partial charge in [-0.15, -0.1) is 0 Å². The molecule has 0 amide bonds. The maximum absolute atomic E-state index is 12.6. The van der Waals surface area contributed by atoms with Gasteiger partial charge in [0, 0.05) is 42.8 Å². The Hall–Kier alpha value is -4.38. The van der Waals surface area contributed by atoms with E-state index in [-0.39, 0.29) is 10.8 Å². The zero-order valence-corrected chi connectivity index (χ0v) is 22.3. The SMILES string of the molecule is Cc1cn(-c2ccc(-c3cccc(S(C)(=O)=O)c3)cc2-c2nc(C)oc2-c2ccc(OC(F)F)nc2)c(C)n1. The highest BCUT2D eigenvalue weighted by atomic mass is 32.2. The molecule has 0 saturated carbocycles. The van der Waals surface area contributed by atoms with Crippen molar-refractivity contribution >= 4 is 9.84 Å². The van der Waals surface area contributed by atoms with Crippen molar-refractivity contribution < 1.29 is 26.4 Å². The van der Waals surface area contributed by atoms with Gasteiger partial charge in [-0.25, -0.2) is 23.4 Å². The van der Waals surface area contributed by atoms with Crippen LogP contribution >= 0.6 is 0 Å². The van der Waals surface area contributed by atoms with Crippen LogP contribution in [-0.4, -0.2) is 40.8 Å². The number of nitrogens with zero attached hydrogens (tertiary/aromatic N) is 4. The fourth-order valence-corrected chi connectivity index (χ4v) is 5.03. The number of alkyl halides is 2. The highest BCUT2D eigenvalue weighted by Gasteiger charge is 2.22. The molecule has 0 N–H and O–H groups in total. The van der Waals surface area contributed by atoms with Gasteiger partial charge in [0.1, 0.15) is 11.5 Å². The number of oxazole rings is 1. The van der Waals surface area contributed by atoms with Crippen molar-refractivity contribution in [2.75, 3.05) is 6.26 Å². The fraction of sp³-hybridized carbons (Fsp3) is 0.179. The van der Waals surface area contributed by atoms with Gasteiger partial charge in [0.25, 0.3) is 0 Å². The summed E-state index contributed by atoms with van der Waals surface area (Å²) in [6.07, 6.45) is 4.45. The van der Waals surface area contributed by atoms with E-state index in [0.717, 1.165) is 22.8 Å². The quantitative estimate of drug-likeness (QED) is 0.238. The normalized spacial score (nSPS) is 11.8. The second-order valence-corrected chi connectivity index (χ2v) is 11.0. The molecular weight excluding hydrogens is 526 g/mol. The first-order valence-corrected chi connectivity index (χ1v) is 13.8. The lowest BCUT2D eigenvalue weighted by atomic mass is 9.98. The second kappa shape index (κ2) is 10.1. The Kier molecular flexibility index (Phi) is 6.77. The smallest absolute Gasteiger partial charge is 0.388 e. The standard InChI is InChI=1S/C28H24F2N4O4S/c1-16-15-34(17(2)32-16)24-10-8-20(19-6-5-7-22(12-19)39(4,35)36)13-23(24)26-27(37-18(3)33-26)21-9-11-25(31-14-21)38-28(29)30/h5-15,28H,1-4H3. The van der Waals surface area contributed by atoms with Crippen molar-refractivity contribution in [2.45, 2.75) is 32.3 Å². The average Bonchev–Trinajstić information content (AvgIpc) is 3.44. The summed E-state index contributed by atoms with van der Waals surface area (Å²) in [5.74, 6) is 1.32. The van der Waals surface area contributed by atoms with E-state index in [1.54, 1.807) is 31.2 Å². The van der Waals surface area contributed by atoms with E-state index < -0.39 is 16.4 Å². The number of hydrogen-bond acceptors (Lipinski definition) is 7. The molecule has 0 fully saturated rings. The van der Waals surface area contributed by atoms with E-state index in [1.807, 2.05) is 48.9 Å². The van der Waals surface area contributed by atoms with E-state index in [9.17, 15) is 17.2 Å². The van der Waals surface area contributed by atoms with Crippen LogP contribution in [0.15, 0.2) is 76.3 Å². The predicted molar refractivity (Wildman–Crippen MR) is 142 cm³/mol. The van der Waals surface area contributed by atoms with Crippen molar-refractivity contribution in [3.8, 4) is 45.3 Å². The van der Waals surface area contributed by atoms with Gasteiger partial charge in [-0.2, -0.15) is 8.78 Å². The molecule has 3 aromatic heterocycles. The van der Waals surface area contributed by atoms with Crippen LogP contribution in [0.4, 0.5) is 8.78 Å². The summed E-state index contributed by atoms with van der Waals surface area (Å²) >= 11 is 0. The van der Waals surface area contributed by atoms with E-state index in [0.29, 0.717) is 34.0 Å². The minimum absolute atomic E-state index is 0.210. The Morgan fingerprint density at radius 1 is 0.949 bits per heavy atom. The van der Waals surface area contributed by atoms with Crippen molar-refractivity contribution in [3.63, 3.8) is 0 Å². The molecule has 0 saturated heterocycles. The zero-order chi connectivity index (χ0) is 27.9. The van der Waals surface area contributed by atoms with Gasteiger partial charge in [0.05, 0.1) is 16.3 Å². The lowest BCUT2D eigenvalue weighted by Crippen LogP contribution is -2.03. The van der Waals surface area contributed by atoms with Crippen LogP contribution in [-0.2, 0) is 9.84 Å². The van der Waals surface area contributed by atoms with Gasteiger partial charge in [0.15, 0.2) is 21.5 Å². The summed E-state index contributed by atoms with van der Waals surface area (Å²) < 4.78 is 61.9. The summed E-state index contributed by atoms with van der Waals surface area (Å²) in [5.41, 5.74) is 4.78. The first-order chi connectivity index (χ1) is 18.5.